The minimum atomic E-state index is -1.04. The van der Waals surface area contributed by atoms with Crippen LogP contribution in [0.2, 0.25) is 0 Å². The van der Waals surface area contributed by atoms with Crippen molar-refractivity contribution in [2.24, 2.45) is 5.73 Å². The normalized spacial score (nSPS) is 11.9. The first-order valence-electron chi connectivity index (χ1n) is 4.75. The topological polar surface area (TPSA) is 89.6 Å². The molecule has 1 rings (SSSR count). The molecule has 86 valence electrons. The summed E-state index contributed by atoms with van der Waals surface area (Å²) < 4.78 is 4.84. The number of hydrogen-bond donors (Lipinski definition) is 2. The third-order valence-electron chi connectivity index (χ3n) is 1.96. The fourth-order valence-electron chi connectivity index (χ4n) is 1.20. The summed E-state index contributed by atoms with van der Waals surface area (Å²) in [5.74, 6) is -1.00. The van der Waals surface area contributed by atoms with E-state index in [-0.39, 0.29) is 6.42 Å². The number of hydrogen-bond acceptors (Lipinski definition) is 4. The molecular weight excluding hydrogens is 210 g/mol. The van der Waals surface area contributed by atoms with Gasteiger partial charge >= 0.3 is 11.9 Å². The van der Waals surface area contributed by atoms with E-state index in [0.717, 1.165) is 5.56 Å². The van der Waals surface area contributed by atoms with Crippen molar-refractivity contribution in [1.82, 2.24) is 0 Å². The lowest BCUT2D eigenvalue weighted by atomic mass is 10.1. The molecule has 0 spiro atoms. The quantitative estimate of drug-likeness (QED) is 0.575. The first-order chi connectivity index (χ1) is 7.49. The SMILES string of the molecule is CC(=O)Oc1ccc(C[C@H](N)C(=O)O)cc1. The van der Waals surface area contributed by atoms with Crippen molar-refractivity contribution < 1.29 is 19.4 Å². The molecule has 0 fully saturated rings. The first kappa shape index (κ1) is 12.2. The molecule has 0 amide bonds. The molecule has 1 aromatic carbocycles. The van der Waals surface area contributed by atoms with E-state index in [1.165, 1.54) is 6.92 Å². The number of carboxylic acids is 1. The predicted molar refractivity (Wildman–Crippen MR) is 57.1 cm³/mol. The molecule has 1 atom stereocenters. The summed E-state index contributed by atoms with van der Waals surface area (Å²) in [5.41, 5.74) is 6.17. The second kappa shape index (κ2) is 5.27. The van der Waals surface area contributed by atoms with Crippen LogP contribution < -0.4 is 10.5 Å². The van der Waals surface area contributed by atoms with Gasteiger partial charge < -0.3 is 15.6 Å². The van der Waals surface area contributed by atoms with E-state index in [0.29, 0.717) is 5.75 Å². The number of aliphatic carboxylic acids is 1. The number of nitrogens with two attached hydrogens (primary N) is 1. The molecule has 5 heteroatoms. The van der Waals surface area contributed by atoms with Crippen molar-refractivity contribution in [3.05, 3.63) is 29.8 Å². The van der Waals surface area contributed by atoms with Crippen LogP contribution in [0.4, 0.5) is 0 Å². The fourth-order valence-corrected chi connectivity index (χ4v) is 1.20. The number of carbonyl (C=O) groups excluding carboxylic acids is 1. The van der Waals surface area contributed by atoms with Gasteiger partial charge in [0.05, 0.1) is 0 Å². The van der Waals surface area contributed by atoms with Crippen LogP contribution in [0.5, 0.6) is 5.75 Å². The zero-order chi connectivity index (χ0) is 12.1. The van der Waals surface area contributed by atoms with Crippen LogP contribution in [0.1, 0.15) is 12.5 Å². The predicted octanol–water partition coefficient (Wildman–Crippen LogP) is 0.566. The highest BCUT2D eigenvalue weighted by Gasteiger charge is 2.11. The van der Waals surface area contributed by atoms with E-state index in [4.69, 9.17) is 15.6 Å². The van der Waals surface area contributed by atoms with Crippen LogP contribution >= 0.6 is 0 Å². The maximum absolute atomic E-state index is 10.6. The molecule has 0 saturated heterocycles. The van der Waals surface area contributed by atoms with Gasteiger partial charge in [-0.2, -0.15) is 0 Å². The Hall–Kier alpha value is -1.88. The summed E-state index contributed by atoms with van der Waals surface area (Å²) in [6, 6.07) is 5.65. The number of esters is 1. The van der Waals surface area contributed by atoms with Crippen LogP contribution in [0.3, 0.4) is 0 Å². The van der Waals surface area contributed by atoms with Gasteiger partial charge in [0.2, 0.25) is 0 Å². The average molecular weight is 223 g/mol. The molecule has 0 aliphatic rings. The molecule has 0 saturated carbocycles. The molecule has 0 radical (unpaired) electrons. The largest absolute Gasteiger partial charge is 0.480 e. The van der Waals surface area contributed by atoms with Crippen LogP contribution in [-0.4, -0.2) is 23.1 Å². The minimum Gasteiger partial charge on any atom is -0.480 e. The molecule has 0 aliphatic heterocycles. The Kier molecular flexibility index (Phi) is 4.02. The third-order valence-corrected chi connectivity index (χ3v) is 1.96. The molecule has 0 unspecified atom stereocenters. The van der Waals surface area contributed by atoms with E-state index in [1.807, 2.05) is 0 Å². The molecule has 0 heterocycles. The second-order valence-corrected chi connectivity index (χ2v) is 3.39. The lowest BCUT2D eigenvalue weighted by molar-refractivity contribution is -0.138. The highest BCUT2D eigenvalue weighted by Crippen LogP contribution is 2.13. The van der Waals surface area contributed by atoms with Crippen molar-refractivity contribution >= 4 is 11.9 Å². The van der Waals surface area contributed by atoms with E-state index in [2.05, 4.69) is 0 Å². The summed E-state index contributed by atoms with van der Waals surface area (Å²) >= 11 is 0. The highest BCUT2D eigenvalue weighted by atomic mass is 16.5. The number of rotatable bonds is 4. The van der Waals surface area contributed by atoms with Crippen molar-refractivity contribution in [2.45, 2.75) is 19.4 Å². The first-order valence-corrected chi connectivity index (χ1v) is 4.75. The number of carbonyl (C=O) groups is 2. The number of carboxylic acid groups (broad SMARTS) is 1. The van der Waals surface area contributed by atoms with Gasteiger partial charge in [-0.05, 0) is 24.1 Å². The Morgan fingerprint density at radius 1 is 1.38 bits per heavy atom. The van der Waals surface area contributed by atoms with Crippen LogP contribution in [0, 0.1) is 0 Å². The molecule has 0 aliphatic carbocycles. The van der Waals surface area contributed by atoms with Gasteiger partial charge in [0.1, 0.15) is 11.8 Å². The van der Waals surface area contributed by atoms with Gasteiger partial charge in [-0.3, -0.25) is 9.59 Å². The Bertz CT molecular complexity index is 385. The van der Waals surface area contributed by atoms with E-state index in [1.54, 1.807) is 24.3 Å². The Labute approximate surface area is 92.8 Å². The van der Waals surface area contributed by atoms with E-state index >= 15 is 0 Å². The van der Waals surface area contributed by atoms with Gasteiger partial charge in [0.15, 0.2) is 0 Å². The number of benzene rings is 1. The van der Waals surface area contributed by atoms with Gasteiger partial charge in [-0.1, -0.05) is 12.1 Å². The van der Waals surface area contributed by atoms with Gasteiger partial charge in [-0.25, -0.2) is 0 Å². The molecule has 0 bridgehead atoms. The lowest BCUT2D eigenvalue weighted by Crippen LogP contribution is -2.32. The monoisotopic (exact) mass is 223 g/mol. The number of ether oxygens (including phenoxy) is 1. The van der Waals surface area contributed by atoms with Crippen LogP contribution in [-0.2, 0) is 16.0 Å². The second-order valence-electron chi connectivity index (χ2n) is 3.39. The molecular formula is C11H13NO4. The van der Waals surface area contributed by atoms with E-state index < -0.39 is 18.0 Å². The van der Waals surface area contributed by atoms with Gasteiger partial charge in [-0.15, -0.1) is 0 Å². The van der Waals surface area contributed by atoms with Crippen molar-refractivity contribution in [1.29, 1.82) is 0 Å². The molecule has 0 aromatic heterocycles. The molecule has 16 heavy (non-hydrogen) atoms. The average Bonchev–Trinajstić information content (AvgIpc) is 2.20. The summed E-state index contributed by atoms with van der Waals surface area (Å²) in [7, 11) is 0. The molecule has 5 nitrogen and oxygen atoms in total. The lowest BCUT2D eigenvalue weighted by Gasteiger charge is -2.07. The summed E-state index contributed by atoms with van der Waals surface area (Å²) in [5, 5.41) is 8.62. The smallest absolute Gasteiger partial charge is 0.320 e. The molecule has 1 aromatic rings. The highest BCUT2D eigenvalue weighted by molar-refractivity contribution is 5.73. The zero-order valence-corrected chi connectivity index (χ0v) is 8.84. The maximum Gasteiger partial charge on any atom is 0.320 e. The zero-order valence-electron chi connectivity index (χ0n) is 8.84. The standard InChI is InChI=1S/C11H13NO4/c1-7(13)16-9-4-2-8(3-5-9)6-10(12)11(14)15/h2-5,10H,6,12H2,1H3,(H,14,15)/t10-/m0/s1. The maximum atomic E-state index is 10.6. The van der Waals surface area contributed by atoms with Crippen molar-refractivity contribution in [3.63, 3.8) is 0 Å². The minimum absolute atomic E-state index is 0.246. The summed E-state index contributed by atoms with van der Waals surface area (Å²) in [6.07, 6.45) is 0.246. The Balaban J connectivity index is 2.64. The van der Waals surface area contributed by atoms with Crippen molar-refractivity contribution in [3.8, 4) is 5.75 Å². The third kappa shape index (κ3) is 3.70. The fraction of sp³-hybridized carbons (Fsp3) is 0.273. The Morgan fingerprint density at radius 2 is 1.94 bits per heavy atom. The van der Waals surface area contributed by atoms with E-state index in [9.17, 15) is 9.59 Å². The van der Waals surface area contributed by atoms with Gasteiger partial charge in [0.25, 0.3) is 0 Å². The Morgan fingerprint density at radius 3 is 2.38 bits per heavy atom. The van der Waals surface area contributed by atoms with Crippen LogP contribution in [0.15, 0.2) is 24.3 Å². The summed E-state index contributed by atoms with van der Waals surface area (Å²) in [6.45, 7) is 1.31. The molecule has 3 N–H and O–H groups in total. The van der Waals surface area contributed by atoms with Crippen molar-refractivity contribution in [2.75, 3.05) is 0 Å². The van der Waals surface area contributed by atoms with Crippen LogP contribution in [0.25, 0.3) is 0 Å². The summed E-state index contributed by atoms with van der Waals surface area (Å²) in [4.78, 5) is 21.2. The van der Waals surface area contributed by atoms with Gasteiger partial charge in [0, 0.05) is 6.92 Å².